The number of furan rings is 2. The summed E-state index contributed by atoms with van der Waals surface area (Å²) in [6.07, 6.45) is 0. The van der Waals surface area contributed by atoms with Crippen LogP contribution < -0.4 is 20.7 Å². The SMILES string of the molecule is c1ccc2c(c1)oc1ccc([Si]3(c4ccc(-n5c6ccccc6c6ccccc65)cc4)c4ccc(-c5cccc6oc7ccccc7c56)cc4Sc4cc(-n5c6ccccc6c6ccccc65)ccc43)cc12. The molecule has 5 heterocycles. The quantitative estimate of drug-likeness (QED) is 0.161. The zero-order valence-electron chi connectivity index (χ0n) is 38.7. The van der Waals surface area contributed by atoms with Gasteiger partial charge in [-0.1, -0.05) is 176 Å². The maximum absolute atomic E-state index is 6.55. The predicted molar refractivity (Wildman–Crippen MR) is 303 cm³/mol. The molecule has 1 aliphatic rings. The molecule has 0 amide bonds. The summed E-state index contributed by atoms with van der Waals surface area (Å²) in [4.78, 5) is 2.53. The third kappa shape index (κ3) is 5.53. The molecule has 1 atom stereocenters. The van der Waals surface area contributed by atoms with E-state index in [1.54, 1.807) is 0 Å². The molecule has 11 aromatic carbocycles. The van der Waals surface area contributed by atoms with Crippen molar-refractivity contribution < 1.29 is 8.83 Å². The first kappa shape index (κ1) is 40.0. The lowest BCUT2D eigenvalue weighted by atomic mass is 9.99. The molecule has 1 unspecified atom stereocenters. The first-order valence-corrected chi connectivity index (χ1v) is 27.4. The molecule has 0 saturated heterocycles. The van der Waals surface area contributed by atoms with Gasteiger partial charge in [-0.2, -0.15) is 0 Å². The molecule has 0 fully saturated rings. The second-order valence-electron chi connectivity index (χ2n) is 19.1. The Kier molecular flexibility index (Phi) is 8.38. The van der Waals surface area contributed by atoms with E-state index in [9.17, 15) is 0 Å². The number of rotatable bonds is 5. The fourth-order valence-corrected chi connectivity index (χ4v) is 19.4. The molecular formula is C66H40N2O2SSi. The van der Waals surface area contributed by atoms with Crippen molar-refractivity contribution in [2.45, 2.75) is 9.79 Å². The van der Waals surface area contributed by atoms with Crippen LogP contribution in [0.15, 0.2) is 261 Å². The van der Waals surface area contributed by atoms with Crippen LogP contribution in [0, 0.1) is 0 Å². The van der Waals surface area contributed by atoms with Crippen molar-refractivity contribution in [3.8, 4) is 22.5 Å². The fraction of sp³-hybridized carbons (Fsp3) is 0. The summed E-state index contributed by atoms with van der Waals surface area (Å²) in [5.74, 6) is 0. The smallest absolute Gasteiger partial charge is 0.181 e. The van der Waals surface area contributed by atoms with E-state index in [-0.39, 0.29) is 0 Å². The van der Waals surface area contributed by atoms with E-state index >= 15 is 0 Å². The lowest BCUT2D eigenvalue weighted by Gasteiger charge is -2.40. The number of para-hydroxylation sites is 6. The van der Waals surface area contributed by atoms with Crippen molar-refractivity contribution >= 4 is 128 Å². The molecule has 72 heavy (non-hydrogen) atoms. The van der Waals surface area contributed by atoms with E-state index in [4.69, 9.17) is 8.83 Å². The van der Waals surface area contributed by atoms with Crippen LogP contribution in [0.25, 0.3) is 110 Å². The summed E-state index contributed by atoms with van der Waals surface area (Å²) < 4.78 is 17.9. The minimum atomic E-state index is -3.19. The van der Waals surface area contributed by atoms with Gasteiger partial charge in [0.25, 0.3) is 0 Å². The van der Waals surface area contributed by atoms with Crippen LogP contribution >= 0.6 is 11.8 Å². The lowest BCUT2D eigenvalue weighted by molar-refractivity contribution is 0.668. The van der Waals surface area contributed by atoms with Gasteiger partial charge in [-0.3, -0.25) is 0 Å². The Hall–Kier alpha value is -8.81. The average Bonchev–Trinajstić information content (AvgIpc) is 4.20. The van der Waals surface area contributed by atoms with Gasteiger partial charge in [0, 0.05) is 64.3 Å². The highest BCUT2D eigenvalue weighted by Crippen LogP contribution is 2.42. The monoisotopic (exact) mass is 952 g/mol. The van der Waals surface area contributed by atoms with Crippen LogP contribution in [-0.4, -0.2) is 17.2 Å². The van der Waals surface area contributed by atoms with E-state index in [1.165, 1.54) is 85.3 Å². The van der Waals surface area contributed by atoms with Crippen molar-refractivity contribution in [3.05, 3.63) is 243 Å². The van der Waals surface area contributed by atoms with Gasteiger partial charge in [-0.05, 0) is 111 Å². The molecule has 4 aromatic heterocycles. The van der Waals surface area contributed by atoms with Crippen molar-refractivity contribution in [2.24, 2.45) is 0 Å². The van der Waals surface area contributed by atoms with E-state index in [0.29, 0.717) is 0 Å². The van der Waals surface area contributed by atoms with E-state index in [1.807, 2.05) is 17.8 Å². The first-order chi connectivity index (χ1) is 35.7. The van der Waals surface area contributed by atoms with E-state index in [0.717, 1.165) is 55.3 Å². The first-order valence-electron chi connectivity index (χ1n) is 24.6. The molecule has 0 aliphatic carbocycles. The van der Waals surface area contributed by atoms with Crippen LogP contribution in [-0.2, 0) is 0 Å². The summed E-state index contributed by atoms with van der Waals surface area (Å²) in [5.41, 5.74) is 13.0. The van der Waals surface area contributed by atoms with Crippen LogP contribution in [0.5, 0.6) is 0 Å². The van der Waals surface area contributed by atoms with Gasteiger partial charge in [-0.25, -0.2) is 0 Å². The highest BCUT2D eigenvalue weighted by molar-refractivity contribution is 8.00. The summed E-state index contributed by atoms with van der Waals surface area (Å²) in [6.45, 7) is 0. The molecule has 1 aliphatic heterocycles. The Morgan fingerprint density at radius 2 is 0.792 bits per heavy atom. The summed E-state index contributed by atoms with van der Waals surface area (Å²) >= 11 is 1.90. The van der Waals surface area contributed by atoms with Crippen LogP contribution in [0.4, 0.5) is 0 Å². The Labute approximate surface area is 418 Å². The highest BCUT2D eigenvalue weighted by Gasteiger charge is 2.47. The van der Waals surface area contributed by atoms with Gasteiger partial charge >= 0.3 is 0 Å². The van der Waals surface area contributed by atoms with Crippen molar-refractivity contribution in [1.29, 1.82) is 0 Å². The van der Waals surface area contributed by atoms with Gasteiger partial charge in [0.05, 0.1) is 22.1 Å². The van der Waals surface area contributed by atoms with Crippen molar-refractivity contribution in [3.63, 3.8) is 0 Å². The molecule has 0 N–H and O–H groups in total. The predicted octanol–water partition coefficient (Wildman–Crippen LogP) is 15.2. The molecule has 16 rings (SSSR count). The van der Waals surface area contributed by atoms with Gasteiger partial charge in [-0.15, -0.1) is 0 Å². The van der Waals surface area contributed by atoms with Crippen molar-refractivity contribution in [2.75, 3.05) is 0 Å². The molecule has 4 nitrogen and oxygen atoms in total. The topological polar surface area (TPSA) is 36.1 Å². The average molecular weight is 953 g/mol. The van der Waals surface area contributed by atoms with Crippen LogP contribution in [0.3, 0.4) is 0 Å². The van der Waals surface area contributed by atoms with Crippen LogP contribution in [0.2, 0.25) is 0 Å². The number of hydrogen-bond acceptors (Lipinski definition) is 3. The van der Waals surface area contributed by atoms with Gasteiger partial charge in [0.2, 0.25) is 0 Å². The highest BCUT2D eigenvalue weighted by atomic mass is 32.2. The Morgan fingerprint density at radius 1 is 0.319 bits per heavy atom. The largest absolute Gasteiger partial charge is 0.456 e. The molecule has 6 heteroatoms. The minimum Gasteiger partial charge on any atom is -0.456 e. The summed E-state index contributed by atoms with van der Waals surface area (Å²) in [6, 6.07) is 89.8. The number of fused-ring (bicyclic) bond motifs is 14. The summed E-state index contributed by atoms with van der Waals surface area (Å²) in [5, 5.41) is 14.9. The van der Waals surface area contributed by atoms with Crippen LogP contribution in [0.1, 0.15) is 0 Å². The van der Waals surface area contributed by atoms with E-state index in [2.05, 4.69) is 246 Å². The molecule has 15 aromatic rings. The maximum atomic E-state index is 6.55. The summed E-state index contributed by atoms with van der Waals surface area (Å²) in [7, 11) is -3.19. The van der Waals surface area contributed by atoms with Gasteiger partial charge in [0.15, 0.2) is 8.07 Å². The van der Waals surface area contributed by atoms with E-state index < -0.39 is 8.07 Å². The zero-order chi connectivity index (χ0) is 47.1. The third-order valence-corrected chi connectivity index (χ3v) is 21.8. The molecule has 0 saturated carbocycles. The standard InChI is InChI=1S/C66H40N2O2SSi/c1-7-21-54-47(14-1)48-15-2-8-22-55(48)67(54)42-29-32-44(33-30-42)72(45-34-35-60-53(40-45)51-18-5-11-25-58(51)69-60)64-36-28-41(46-20-13-27-61-66(46)52-19-6-12-26-59(52)70-61)38-62(64)71-63-39-43(31-37-65(63)72)68-56-23-9-3-16-49(56)50-17-4-10-24-57(50)68/h1-40H. The number of nitrogens with zero attached hydrogens (tertiary/aromatic N) is 2. The Balaban J connectivity index is 0.995. The molecule has 0 bridgehead atoms. The molecule has 0 radical (unpaired) electrons. The maximum Gasteiger partial charge on any atom is 0.181 e. The molecular weight excluding hydrogens is 913 g/mol. The minimum absolute atomic E-state index is 0.896. The molecule has 336 valence electrons. The van der Waals surface area contributed by atoms with Gasteiger partial charge in [0.1, 0.15) is 22.3 Å². The second kappa shape index (κ2) is 15.1. The third-order valence-electron chi connectivity index (χ3n) is 15.5. The second-order valence-corrected chi connectivity index (χ2v) is 23.9. The number of benzene rings is 11. The normalized spacial score (nSPS) is 14.7. The van der Waals surface area contributed by atoms with Gasteiger partial charge < -0.3 is 18.0 Å². The number of aromatic nitrogens is 2. The Morgan fingerprint density at radius 3 is 1.44 bits per heavy atom. The van der Waals surface area contributed by atoms with Crippen molar-refractivity contribution in [1.82, 2.24) is 9.13 Å². The molecule has 0 spiro atoms. The Bertz CT molecular complexity index is 4640. The zero-order valence-corrected chi connectivity index (χ0v) is 40.5. The fourth-order valence-electron chi connectivity index (χ4n) is 12.4. The lowest BCUT2D eigenvalue weighted by Crippen LogP contribution is -2.76. The number of hydrogen-bond donors (Lipinski definition) is 0.